The van der Waals surface area contributed by atoms with Gasteiger partial charge in [-0.1, -0.05) is 104 Å². The van der Waals surface area contributed by atoms with Crippen molar-refractivity contribution in [1.82, 2.24) is 10.2 Å². The second-order valence-electron chi connectivity index (χ2n) is 11.1. The van der Waals surface area contributed by atoms with E-state index in [1.165, 1.54) is 17.0 Å². The van der Waals surface area contributed by atoms with Crippen LogP contribution in [0.15, 0.2) is 108 Å². The number of hydrogen-bond donors (Lipinski definition) is 1. The summed E-state index contributed by atoms with van der Waals surface area (Å²) in [5.41, 5.74) is 3.46. The first-order chi connectivity index (χ1) is 21.6. The molecule has 1 unspecified atom stereocenters. The van der Waals surface area contributed by atoms with Crippen molar-refractivity contribution in [1.29, 1.82) is 0 Å². The highest BCUT2D eigenvalue weighted by atomic mass is 35.5. The maximum Gasteiger partial charge on any atom is 0.264 e. The molecule has 0 saturated heterocycles. The van der Waals surface area contributed by atoms with Crippen LogP contribution in [0, 0.1) is 13.8 Å². The molecule has 0 bridgehead atoms. The summed E-state index contributed by atoms with van der Waals surface area (Å²) >= 11 is 6.57. The first-order valence-electron chi connectivity index (χ1n) is 15.1. The van der Waals surface area contributed by atoms with Crippen molar-refractivity contribution >= 4 is 39.1 Å². The zero-order chi connectivity index (χ0) is 32.4. The predicted octanol–water partition coefficient (Wildman–Crippen LogP) is 6.71. The number of amides is 2. The Balaban J connectivity index is 1.82. The van der Waals surface area contributed by atoms with E-state index < -0.39 is 28.5 Å². The molecule has 7 nitrogen and oxygen atoms in total. The van der Waals surface area contributed by atoms with Crippen LogP contribution in [0.25, 0.3) is 0 Å². The molecule has 4 rings (SSSR count). The van der Waals surface area contributed by atoms with Gasteiger partial charge in [0.15, 0.2) is 0 Å². The van der Waals surface area contributed by atoms with E-state index in [9.17, 15) is 18.0 Å². The monoisotopic (exact) mass is 645 g/mol. The molecule has 0 fully saturated rings. The number of halogens is 1. The Morgan fingerprint density at radius 2 is 1.51 bits per heavy atom. The van der Waals surface area contributed by atoms with Gasteiger partial charge in [0.2, 0.25) is 11.8 Å². The average Bonchev–Trinajstić information content (AvgIpc) is 3.04. The van der Waals surface area contributed by atoms with Crippen molar-refractivity contribution in [3.63, 3.8) is 0 Å². The van der Waals surface area contributed by atoms with Gasteiger partial charge in [0, 0.05) is 24.5 Å². The van der Waals surface area contributed by atoms with Crippen LogP contribution in [0.5, 0.6) is 0 Å². The number of carbonyl (C=O) groups excluding carboxylic acids is 2. The predicted molar refractivity (Wildman–Crippen MR) is 181 cm³/mol. The van der Waals surface area contributed by atoms with Crippen molar-refractivity contribution in [2.45, 2.75) is 57.5 Å². The zero-order valence-corrected chi connectivity index (χ0v) is 27.5. The summed E-state index contributed by atoms with van der Waals surface area (Å²) in [7, 11) is -4.17. The second kappa shape index (κ2) is 15.7. The van der Waals surface area contributed by atoms with Gasteiger partial charge in [-0.2, -0.15) is 0 Å². The Bertz CT molecular complexity index is 1700. The van der Waals surface area contributed by atoms with E-state index in [0.29, 0.717) is 28.4 Å². The number of anilines is 1. The van der Waals surface area contributed by atoms with Crippen LogP contribution in [-0.4, -0.2) is 44.3 Å². The van der Waals surface area contributed by atoms with Crippen molar-refractivity contribution in [3.8, 4) is 0 Å². The van der Waals surface area contributed by atoms with Crippen LogP contribution in [0.4, 0.5) is 5.69 Å². The summed E-state index contributed by atoms with van der Waals surface area (Å²) in [5.74, 6) is -0.834. The maximum atomic E-state index is 14.6. The molecule has 0 spiro atoms. The van der Waals surface area contributed by atoms with Gasteiger partial charge in [-0.05, 0) is 66.8 Å². The first-order valence-corrected chi connectivity index (χ1v) is 16.9. The van der Waals surface area contributed by atoms with Crippen LogP contribution in [0.3, 0.4) is 0 Å². The van der Waals surface area contributed by atoms with E-state index in [-0.39, 0.29) is 23.8 Å². The lowest BCUT2D eigenvalue weighted by atomic mass is 10.0. The number of nitrogens with zero attached hydrogens (tertiary/aromatic N) is 2. The van der Waals surface area contributed by atoms with Crippen LogP contribution < -0.4 is 9.62 Å². The molecule has 0 saturated carbocycles. The van der Waals surface area contributed by atoms with Crippen LogP contribution in [0.1, 0.15) is 42.0 Å². The molecular weight excluding hydrogens is 606 g/mol. The van der Waals surface area contributed by atoms with Gasteiger partial charge in [0.25, 0.3) is 10.0 Å². The number of aryl methyl sites for hydroxylation is 2. The van der Waals surface area contributed by atoms with E-state index in [2.05, 4.69) is 5.32 Å². The largest absolute Gasteiger partial charge is 0.354 e. The average molecular weight is 646 g/mol. The number of sulfonamides is 1. The minimum absolute atomic E-state index is 0.0171. The lowest BCUT2D eigenvalue weighted by Gasteiger charge is -2.34. The SMILES string of the molecule is CCCCNC(=O)C(Cc1ccccc1)N(Cc1ccccc1Cl)C(=O)CN(c1cc(C)ccc1C)S(=O)(=O)c1ccccc1. The maximum absolute atomic E-state index is 14.6. The standard InChI is InChI=1S/C36H40ClN3O4S/c1-4-5-22-38-36(42)34(24-29-14-8-6-9-15-29)39(25-30-16-12-13-19-32(30)37)35(41)26-40(33-23-27(2)20-21-28(33)3)45(43,44)31-17-10-7-11-18-31/h6-21,23,34H,4-5,22,24-26H2,1-3H3,(H,38,42). The molecule has 4 aromatic carbocycles. The van der Waals surface area contributed by atoms with Gasteiger partial charge in [0.05, 0.1) is 10.6 Å². The third-order valence-electron chi connectivity index (χ3n) is 7.64. The fourth-order valence-corrected chi connectivity index (χ4v) is 6.78. The summed E-state index contributed by atoms with van der Waals surface area (Å²) in [6, 6.07) is 29.3. The molecule has 9 heteroatoms. The summed E-state index contributed by atoms with van der Waals surface area (Å²) < 4.78 is 29.5. The van der Waals surface area contributed by atoms with Crippen molar-refractivity contribution in [2.75, 3.05) is 17.4 Å². The molecule has 236 valence electrons. The van der Waals surface area contributed by atoms with E-state index in [0.717, 1.165) is 28.3 Å². The highest BCUT2D eigenvalue weighted by Crippen LogP contribution is 2.29. The van der Waals surface area contributed by atoms with Crippen LogP contribution >= 0.6 is 11.6 Å². The fraction of sp³-hybridized carbons (Fsp3) is 0.278. The second-order valence-corrected chi connectivity index (χ2v) is 13.3. The number of carbonyl (C=O) groups is 2. The quantitative estimate of drug-likeness (QED) is 0.155. The Kier molecular flexibility index (Phi) is 11.8. The molecule has 0 aromatic heterocycles. The Morgan fingerprint density at radius 3 is 2.18 bits per heavy atom. The van der Waals surface area contributed by atoms with Crippen molar-refractivity contribution < 1.29 is 18.0 Å². The van der Waals surface area contributed by atoms with Crippen molar-refractivity contribution in [3.05, 3.63) is 130 Å². The molecule has 0 radical (unpaired) electrons. The summed E-state index contributed by atoms with van der Waals surface area (Å²) in [5, 5.41) is 3.45. The van der Waals surface area contributed by atoms with Gasteiger partial charge in [0.1, 0.15) is 12.6 Å². The molecule has 0 aliphatic carbocycles. The third kappa shape index (κ3) is 8.74. The van der Waals surface area contributed by atoms with Crippen LogP contribution in [-0.2, 0) is 32.6 Å². The molecular formula is C36H40ClN3O4S. The number of hydrogen-bond acceptors (Lipinski definition) is 4. The minimum Gasteiger partial charge on any atom is -0.354 e. The van der Waals surface area contributed by atoms with Gasteiger partial charge in [-0.25, -0.2) is 8.42 Å². The van der Waals surface area contributed by atoms with Crippen molar-refractivity contribution in [2.24, 2.45) is 0 Å². The first kappa shape index (κ1) is 33.7. The van der Waals surface area contributed by atoms with Gasteiger partial charge >= 0.3 is 0 Å². The van der Waals surface area contributed by atoms with Gasteiger partial charge in [-0.3, -0.25) is 13.9 Å². The van der Waals surface area contributed by atoms with E-state index >= 15 is 0 Å². The molecule has 0 aliphatic rings. The number of rotatable bonds is 14. The lowest BCUT2D eigenvalue weighted by Crippen LogP contribution is -2.53. The molecule has 45 heavy (non-hydrogen) atoms. The molecule has 2 amide bonds. The van der Waals surface area contributed by atoms with Gasteiger partial charge in [-0.15, -0.1) is 0 Å². The smallest absolute Gasteiger partial charge is 0.264 e. The molecule has 0 aliphatic heterocycles. The Morgan fingerprint density at radius 1 is 0.867 bits per heavy atom. The molecule has 1 atom stereocenters. The van der Waals surface area contributed by atoms with E-state index in [1.807, 2.05) is 69.3 Å². The Hall–Kier alpha value is -4.14. The molecule has 0 heterocycles. The number of nitrogens with one attached hydrogen (secondary N) is 1. The minimum atomic E-state index is -4.17. The van der Waals surface area contributed by atoms with E-state index in [1.54, 1.807) is 42.5 Å². The third-order valence-corrected chi connectivity index (χ3v) is 9.79. The summed E-state index contributed by atoms with van der Waals surface area (Å²) in [4.78, 5) is 30.0. The normalized spacial score (nSPS) is 11.9. The van der Waals surface area contributed by atoms with E-state index in [4.69, 9.17) is 11.6 Å². The summed E-state index contributed by atoms with van der Waals surface area (Å²) in [6.07, 6.45) is 1.93. The molecule has 4 aromatic rings. The highest BCUT2D eigenvalue weighted by Gasteiger charge is 2.35. The highest BCUT2D eigenvalue weighted by molar-refractivity contribution is 7.92. The van der Waals surface area contributed by atoms with Crippen LogP contribution in [0.2, 0.25) is 5.02 Å². The number of benzene rings is 4. The Labute approximate surface area is 271 Å². The summed E-state index contributed by atoms with van der Waals surface area (Å²) in [6.45, 7) is 5.69. The van der Waals surface area contributed by atoms with Gasteiger partial charge < -0.3 is 10.2 Å². The lowest BCUT2D eigenvalue weighted by molar-refractivity contribution is -0.140. The number of unbranched alkanes of at least 4 members (excludes halogenated alkanes) is 1. The fourth-order valence-electron chi connectivity index (χ4n) is 5.09. The topological polar surface area (TPSA) is 86.8 Å². The zero-order valence-electron chi connectivity index (χ0n) is 25.9. The molecule has 1 N–H and O–H groups in total.